The minimum absolute atomic E-state index is 0.191. The molecule has 10 aromatic rings. The van der Waals surface area contributed by atoms with Crippen LogP contribution in [-0.4, -0.2) is 0 Å². The number of nitrogens with zero attached hydrogens (tertiary/aromatic N) is 1. The highest BCUT2D eigenvalue weighted by Gasteiger charge is 2.49. The summed E-state index contributed by atoms with van der Waals surface area (Å²) in [7, 11) is 0. The minimum atomic E-state index is -0.191. The first kappa shape index (κ1) is 39.4. The van der Waals surface area contributed by atoms with E-state index in [-0.39, 0.29) is 5.41 Å². The van der Waals surface area contributed by atoms with Gasteiger partial charge in [-0.3, -0.25) is 0 Å². The Morgan fingerprint density at radius 2 is 1.15 bits per heavy atom. The second-order valence-corrected chi connectivity index (χ2v) is 18.8. The number of hydrogen-bond donors (Lipinski definition) is 0. The Labute approximate surface area is 384 Å². The molecule has 12 rings (SSSR count). The average molecular weight is 856 g/mol. The molecule has 1 fully saturated rings. The largest absolute Gasteiger partial charge is 0.456 e. The Balaban J connectivity index is 0.976. The molecule has 3 heteroatoms. The summed E-state index contributed by atoms with van der Waals surface area (Å²) in [5.74, 6) is 0.535. The zero-order valence-corrected chi connectivity index (χ0v) is 37.5. The van der Waals surface area contributed by atoms with Crippen molar-refractivity contribution < 1.29 is 4.42 Å². The molecule has 2 nitrogen and oxygen atoms in total. The molecule has 2 aromatic heterocycles. The van der Waals surface area contributed by atoms with Gasteiger partial charge in [0.2, 0.25) is 0 Å². The van der Waals surface area contributed by atoms with E-state index in [2.05, 4.69) is 206 Å². The van der Waals surface area contributed by atoms with Crippen LogP contribution < -0.4 is 15.5 Å². The molecule has 0 saturated heterocycles. The maximum atomic E-state index is 6.19. The van der Waals surface area contributed by atoms with E-state index in [1.807, 2.05) is 17.4 Å². The summed E-state index contributed by atoms with van der Waals surface area (Å²) in [5.41, 5.74) is 16.8. The van der Waals surface area contributed by atoms with Crippen molar-refractivity contribution in [1.82, 2.24) is 0 Å². The summed E-state index contributed by atoms with van der Waals surface area (Å²) in [6, 6.07) is 68.3. The lowest BCUT2D eigenvalue weighted by Gasteiger charge is -2.42. The van der Waals surface area contributed by atoms with E-state index in [4.69, 9.17) is 4.42 Å². The van der Waals surface area contributed by atoms with Crippen molar-refractivity contribution in [3.05, 3.63) is 222 Å². The van der Waals surface area contributed by atoms with Crippen molar-refractivity contribution in [3.63, 3.8) is 0 Å². The Bertz CT molecular complexity index is 3500. The van der Waals surface area contributed by atoms with Crippen LogP contribution >= 0.6 is 11.3 Å². The zero-order chi connectivity index (χ0) is 43.5. The Kier molecular flexibility index (Phi) is 9.76. The molecule has 314 valence electrons. The predicted molar refractivity (Wildman–Crippen MR) is 277 cm³/mol. The van der Waals surface area contributed by atoms with Crippen molar-refractivity contribution in [3.8, 4) is 33.4 Å². The van der Waals surface area contributed by atoms with E-state index in [1.165, 1.54) is 91.2 Å². The fraction of sp³-hybridized carbons (Fsp3) is 0.129. The molecular formula is C62H49NOS. The molecule has 0 N–H and O–H groups in total. The monoisotopic (exact) mass is 855 g/mol. The van der Waals surface area contributed by atoms with Gasteiger partial charge in [-0.1, -0.05) is 165 Å². The molecule has 0 bridgehead atoms. The highest BCUT2D eigenvalue weighted by molar-refractivity contribution is 7.26. The molecule has 2 aliphatic carbocycles. The molecule has 65 heavy (non-hydrogen) atoms. The molecule has 8 aromatic carbocycles. The molecule has 1 saturated carbocycles. The number of anilines is 3. The van der Waals surface area contributed by atoms with Crippen LogP contribution in [0.4, 0.5) is 17.1 Å². The number of hydrogen-bond acceptors (Lipinski definition) is 3. The number of furan rings is 1. The molecule has 0 radical (unpaired) electrons. The lowest BCUT2D eigenvalue weighted by atomic mass is 9.60. The molecule has 0 unspecified atom stereocenters. The SMILES string of the molecule is C=C/C=c1/oc2ccc(-c3ccc(N(c4ccc(-c5cccc6c5sc5ccccc56)cc4)c4ccc(C5(C6CCCCC6)c6ccccc6-c6ccccc65)cc4)cc3)cc2/c1=C/C. The van der Waals surface area contributed by atoms with E-state index in [0.717, 1.165) is 49.8 Å². The number of allylic oxidation sites excluding steroid dienone is 1. The van der Waals surface area contributed by atoms with E-state index in [1.54, 1.807) is 6.08 Å². The Hall–Kier alpha value is -7.20. The topological polar surface area (TPSA) is 16.4 Å². The lowest BCUT2D eigenvalue weighted by molar-refractivity contribution is 0.275. The van der Waals surface area contributed by atoms with Crippen LogP contribution in [0.25, 0.3) is 76.7 Å². The van der Waals surface area contributed by atoms with E-state index < -0.39 is 0 Å². The van der Waals surface area contributed by atoms with Gasteiger partial charge in [0.15, 0.2) is 0 Å². The molecule has 0 aliphatic heterocycles. The fourth-order valence-electron chi connectivity index (χ4n) is 11.5. The zero-order valence-electron chi connectivity index (χ0n) is 36.6. The van der Waals surface area contributed by atoms with E-state index >= 15 is 0 Å². The number of thiophene rings is 1. The van der Waals surface area contributed by atoms with Gasteiger partial charge in [-0.2, -0.15) is 0 Å². The van der Waals surface area contributed by atoms with Crippen molar-refractivity contribution in [2.24, 2.45) is 5.92 Å². The summed E-state index contributed by atoms with van der Waals surface area (Å²) < 4.78 is 8.85. The number of benzene rings is 8. The van der Waals surface area contributed by atoms with Crippen LogP contribution in [0.15, 0.2) is 199 Å². The summed E-state index contributed by atoms with van der Waals surface area (Å²) in [5, 5.41) is 4.84. The van der Waals surface area contributed by atoms with Crippen molar-refractivity contribution >= 4 is 71.7 Å². The second-order valence-electron chi connectivity index (χ2n) is 17.8. The van der Waals surface area contributed by atoms with Gasteiger partial charge < -0.3 is 9.32 Å². The minimum Gasteiger partial charge on any atom is -0.456 e. The number of fused-ring (bicyclic) bond motifs is 7. The predicted octanol–water partition coefficient (Wildman–Crippen LogP) is 16.3. The van der Waals surface area contributed by atoms with Gasteiger partial charge >= 0.3 is 0 Å². The maximum absolute atomic E-state index is 6.19. The maximum Gasteiger partial charge on any atom is 0.135 e. The first-order valence-electron chi connectivity index (χ1n) is 23.2. The quantitative estimate of drug-likeness (QED) is 0.151. The highest BCUT2D eigenvalue weighted by Crippen LogP contribution is 2.59. The van der Waals surface area contributed by atoms with Crippen LogP contribution in [0.2, 0.25) is 0 Å². The molecule has 2 heterocycles. The highest BCUT2D eigenvalue weighted by atomic mass is 32.1. The van der Waals surface area contributed by atoms with Crippen molar-refractivity contribution in [2.45, 2.75) is 44.4 Å². The van der Waals surface area contributed by atoms with Crippen LogP contribution in [0.3, 0.4) is 0 Å². The van der Waals surface area contributed by atoms with Gasteiger partial charge in [-0.05, 0) is 136 Å². The molecule has 0 spiro atoms. The third kappa shape index (κ3) is 6.36. The summed E-state index contributed by atoms with van der Waals surface area (Å²) in [4.78, 5) is 2.42. The first-order valence-corrected chi connectivity index (χ1v) is 24.0. The van der Waals surface area contributed by atoms with E-state index in [0.29, 0.717) is 5.92 Å². The Morgan fingerprint density at radius 1 is 0.569 bits per heavy atom. The van der Waals surface area contributed by atoms with E-state index in [9.17, 15) is 0 Å². The smallest absolute Gasteiger partial charge is 0.135 e. The van der Waals surface area contributed by atoms with Gasteiger partial charge in [0.05, 0.1) is 0 Å². The molecule has 0 atom stereocenters. The standard InChI is InChI=1S/C62H49NOS/c1-3-15-58-49(4-2)55-40-43(30-39-59(55)64-58)41-26-33-46(34-27-41)63(47-35-28-42(29-36-47)50-21-14-22-54-53-20-10-13-25-60(53)65-61(50)54)48-37-31-45(32-38-48)62(44-16-6-5-7-17-44)56-23-11-8-18-51(56)52-19-9-12-24-57(52)62/h3-4,8-15,18-40,44H,1,5-7,16-17H2,2H3/b49-4-,58-15+. The van der Waals surface area contributed by atoms with Gasteiger partial charge in [-0.15, -0.1) is 11.3 Å². The molecule has 2 aliphatic rings. The molecule has 0 amide bonds. The summed E-state index contributed by atoms with van der Waals surface area (Å²) in [6.45, 7) is 5.96. The van der Waals surface area contributed by atoms with Crippen molar-refractivity contribution in [2.75, 3.05) is 4.90 Å². The normalized spacial score (nSPS) is 15.2. The van der Waals surface area contributed by atoms with Crippen molar-refractivity contribution in [1.29, 1.82) is 0 Å². The van der Waals surface area contributed by atoms with Crippen LogP contribution in [0.1, 0.15) is 55.7 Å². The van der Waals surface area contributed by atoms with Crippen LogP contribution in [-0.2, 0) is 5.41 Å². The van der Waals surface area contributed by atoms with Gasteiger partial charge in [0.1, 0.15) is 11.0 Å². The third-order valence-corrected chi connectivity index (χ3v) is 15.6. The molecular weight excluding hydrogens is 807 g/mol. The van der Waals surface area contributed by atoms with Crippen LogP contribution in [0.5, 0.6) is 0 Å². The lowest BCUT2D eigenvalue weighted by Crippen LogP contribution is -2.37. The average Bonchev–Trinajstić information content (AvgIpc) is 4.03. The third-order valence-electron chi connectivity index (χ3n) is 14.4. The van der Waals surface area contributed by atoms with Gasteiger partial charge in [-0.25, -0.2) is 0 Å². The van der Waals surface area contributed by atoms with Gasteiger partial charge in [0, 0.05) is 53.3 Å². The van der Waals surface area contributed by atoms with Crippen LogP contribution in [0, 0.1) is 5.92 Å². The summed E-state index contributed by atoms with van der Waals surface area (Å²) >= 11 is 1.88. The summed E-state index contributed by atoms with van der Waals surface area (Å²) in [6.07, 6.45) is 12.2. The second kappa shape index (κ2) is 16.1. The fourth-order valence-corrected chi connectivity index (χ4v) is 12.8. The first-order chi connectivity index (χ1) is 32.1. The van der Waals surface area contributed by atoms with Gasteiger partial charge in [0.25, 0.3) is 0 Å². The Morgan fingerprint density at radius 3 is 1.83 bits per heavy atom. The number of rotatable bonds is 8.